The molecule has 0 aliphatic carbocycles. The summed E-state index contributed by atoms with van der Waals surface area (Å²) in [5.74, 6) is -0.440. The van der Waals surface area contributed by atoms with Crippen LogP contribution in [0.3, 0.4) is 0 Å². The lowest BCUT2D eigenvalue weighted by atomic mass is 10.4. The molecule has 0 rings (SSSR count). The predicted octanol–water partition coefficient (Wildman–Crippen LogP) is 1.67. The van der Waals surface area contributed by atoms with Gasteiger partial charge in [0.15, 0.2) is 6.10 Å². The molecule has 9 heteroatoms. The van der Waals surface area contributed by atoms with Gasteiger partial charge in [-0.3, -0.25) is 9.59 Å². The van der Waals surface area contributed by atoms with E-state index >= 15 is 0 Å². The number of hydrogen-bond acceptors (Lipinski definition) is 9. The molecule has 116 valence electrons. The molecule has 0 saturated carbocycles. The topological polar surface area (TPSA) is 78.9 Å². The third-order valence-electron chi connectivity index (χ3n) is 1.81. The minimum absolute atomic E-state index is 0.124. The van der Waals surface area contributed by atoms with E-state index in [2.05, 4.69) is 0 Å². The van der Waals surface area contributed by atoms with Gasteiger partial charge >= 0.3 is 17.2 Å². The van der Waals surface area contributed by atoms with Crippen LogP contribution in [0.2, 0.25) is 0 Å². The van der Waals surface area contributed by atoms with Crippen LogP contribution < -0.4 is 0 Å². The Balaban J connectivity index is 4.26. The van der Waals surface area contributed by atoms with Crippen molar-refractivity contribution in [2.24, 2.45) is 0 Å². The maximum Gasteiger partial charge on any atom is 0.367 e. The van der Waals surface area contributed by atoms with Crippen LogP contribution in [0, 0.1) is 0 Å². The third kappa shape index (κ3) is 10.3. The van der Waals surface area contributed by atoms with Crippen LogP contribution in [-0.4, -0.2) is 66.8 Å². The highest BCUT2D eigenvalue weighted by atomic mass is 32.2. The number of esters is 2. The van der Waals surface area contributed by atoms with Crippen molar-refractivity contribution in [1.29, 1.82) is 0 Å². The van der Waals surface area contributed by atoms with E-state index < -0.39 is 23.3 Å². The van der Waals surface area contributed by atoms with Crippen molar-refractivity contribution in [3.8, 4) is 0 Å². The molecule has 20 heavy (non-hydrogen) atoms. The summed E-state index contributed by atoms with van der Waals surface area (Å²) in [6.45, 7) is -0.256. The molecule has 0 radical (unpaired) electrons. The van der Waals surface area contributed by atoms with Gasteiger partial charge in [-0.2, -0.15) is 23.5 Å². The molecule has 0 bridgehead atoms. The molecule has 0 aromatic heterocycles. The van der Waals surface area contributed by atoms with Gasteiger partial charge in [0, 0.05) is 0 Å². The fourth-order valence-electron chi connectivity index (χ4n) is 1.02. The molecule has 6 nitrogen and oxygen atoms in total. The molecular weight excluding hydrogens is 324 g/mol. The van der Waals surface area contributed by atoms with Crippen molar-refractivity contribution in [3.63, 3.8) is 0 Å². The highest BCUT2D eigenvalue weighted by Crippen LogP contribution is 2.05. The van der Waals surface area contributed by atoms with Gasteiger partial charge in [-0.25, -0.2) is 4.79 Å². The zero-order chi connectivity index (χ0) is 15.4. The Morgan fingerprint density at radius 1 is 0.900 bits per heavy atom. The second-order valence-electron chi connectivity index (χ2n) is 3.43. The van der Waals surface area contributed by atoms with E-state index in [0.717, 1.165) is 11.8 Å². The highest BCUT2D eigenvalue weighted by Gasteiger charge is 2.18. The molecular formula is C11H18O6S3. The average molecular weight is 342 g/mol. The number of rotatable bonds is 9. The summed E-state index contributed by atoms with van der Waals surface area (Å²) in [4.78, 5) is 33.7. The van der Waals surface area contributed by atoms with Crippen LogP contribution in [0.5, 0.6) is 0 Å². The summed E-state index contributed by atoms with van der Waals surface area (Å²) < 4.78 is 14.9. The number of hydrogen-bond donors (Lipinski definition) is 0. The Kier molecular flexibility index (Phi) is 11.9. The van der Waals surface area contributed by atoms with Crippen molar-refractivity contribution in [3.05, 3.63) is 0 Å². The van der Waals surface area contributed by atoms with Crippen LogP contribution in [0.1, 0.15) is 0 Å². The molecule has 0 spiro atoms. The lowest BCUT2D eigenvalue weighted by Crippen LogP contribution is -2.31. The van der Waals surface area contributed by atoms with Gasteiger partial charge in [-0.05, 0) is 30.5 Å². The fraction of sp³-hybridized carbons (Fsp3) is 0.727. The standard InChI is InChI=1S/C11H18O6S3/c1-18-6-9(12)15-4-8(5-16-11(14)20-3)17-10(13)7-19-2/h8H,4-7H2,1-3H3/t8-/m1/s1. The first kappa shape index (κ1) is 19.5. The maximum atomic E-state index is 11.4. The molecule has 0 aromatic carbocycles. The average Bonchev–Trinajstić information content (AvgIpc) is 2.42. The van der Waals surface area contributed by atoms with Gasteiger partial charge in [0.2, 0.25) is 0 Å². The Morgan fingerprint density at radius 2 is 1.45 bits per heavy atom. The van der Waals surface area contributed by atoms with Crippen LogP contribution in [-0.2, 0) is 23.8 Å². The highest BCUT2D eigenvalue weighted by molar-refractivity contribution is 8.12. The van der Waals surface area contributed by atoms with Crippen molar-refractivity contribution in [2.45, 2.75) is 6.10 Å². The van der Waals surface area contributed by atoms with Crippen molar-refractivity contribution in [2.75, 3.05) is 43.5 Å². The summed E-state index contributed by atoms with van der Waals surface area (Å²) in [5, 5.41) is -0.480. The van der Waals surface area contributed by atoms with Gasteiger partial charge in [0.1, 0.15) is 13.2 Å². The van der Waals surface area contributed by atoms with Gasteiger partial charge in [0.05, 0.1) is 11.5 Å². The second kappa shape index (κ2) is 12.2. The number of carbonyl (C=O) groups is 3. The van der Waals surface area contributed by atoms with Gasteiger partial charge in [-0.1, -0.05) is 0 Å². The second-order valence-corrected chi connectivity index (χ2v) is 5.90. The molecule has 1 atom stereocenters. The van der Waals surface area contributed by atoms with E-state index in [1.165, 1.54) is 23.5 Å². The maximum absolute atomic E-state index is 11.4. The van der Waals surface area contributed by atoms with Crippen LogP contribution in [0.15, 0.2) is 0 Å². The van der Waals surface area contributed by atoms with E-state index in [-0.39, 0.29) is 24.7 Å². The van der Waals surface area contributed by atoms with Crippen LogP contribution in [0.4, 0.5) is 4.79 Å². The zero-order valence-electron chi connectivity index (χ0n) is 11.6. The van der Waals surface area contributed by atoms with E-state index in [4.69, 9.17) is 14.2 Å². The minimum atomic E-state index is -0.781. The number of ether oxygens (including phenoxy) is 3. The van der Waals surface area contributed by atoms with E-state index in [1.54, 1.807) is 18.8 Å². The lowest BCUT2D eigenvalue weighted by molar-refractivity contribution is -0.157. The van der Waals surface area contributed by atoms with Gasteiger partial charge < -0.3 is 14.2 Å². The molecule has 0 saturated heterocycles. The molecule has 0 amide bonds. The van der Waals surface area contributed by atoms with Gasteiger partial charge in [0.25, 0.3) is 0 Å². The number of thioether (sulfide) groups is 3. The van der Waals surface area contributed by atoms with Gasteiger partial charge in [-0.15, -0.1) is 0 Å². The monoisotopic (exact) mass is 342 g/mol. The molecule has 0 aliphatic rings. The van der Waals surface area contributed by atoms with E-state index in [9.17, 15) is 14.4 Å². The zero-order valence-corrected chi connectivity index (χ0v) is 14.0. The Morgan fingerprint density at radius 3 is 2.00 bits per heavy atom. The van der Waals surface area contributed by atoms with Crippen LogP contribution >= 0.6 is 35.3 Å². The smallest absolute Gasteiger partial charge is 0.367 e. The first-order valence-electron chi connectivity index (χ1n) is 5.57. The van der Waals surface area contributed by atoms with Crippen LogP contribution in [0.25, 0.3) is 0 Å². The Bertz CT molecular complexity index is 323. The third-order valence-corrected chi connectivity index (χ3v) is 3.31. The first-order valence-corrected chi connectivity index (χ1v) is 9.58. The quantitative estimate of drug-likeness (QED) is 0.459. The summed E-state index contributed by atoms with van der Waals surface area (Å²) in [5.41, 5.74) is 0. The molecule has 0 unspecified atom stereocenters. The molecule has 0 aromatic rings. The van der Waals surface area contributed by atoms with Crippen molar-refractivity contribution >= 4 is 52.5 Å². The van der Waals surface area contributed by atoms with Crippen molar-refractivity contribution in [1.82, 2.24) is 0 Å². The molecule has 0 aliphatic heterocycles. The minimum Gasteiger partial charge on any atom is -0.461 e. The molecule has 0 N–H and O–H groups in total. The lowest BCUT2D eigenvalue weighted by Gasteiger charge is -2.17. The fourth-order valence-corrected chi connectivity index (χ4v) is 1.83. The van der Waals surface area contributed by atoms with E-state index in [0.29, 0.717) is 0 Å². The number of carbonyl (C=O) groups excluding carboxylic acids is 3. The SMILES string of the molecule is CSCC(=O)OC[C@H](COC(=O)SC)OC(=O)CSC. The molecule has 0 heterocycles. The Hall–Kier alpha value is -0.540. The predicted molar refractivity (Wildman–Crippen MR) is 82.5 cm³/mol. The first-order chi connectivity index (χ1) is 9.53. The summed E-state index contributed by atoms with van der Waals surface area (Å²) in [6, 6.07) is 0. The van der Waals surface area contributed by atoms with Crippen molar-refractivity contribution < 1.29 is 28.6 Å². The summed E-state index contributed by atoms with van der Waals surface area (Å²) in [6.07, 6.45) is 4.34. The largest absolute Gasteiger partial charge is 0.461 e. The normalized spacial score (nSPS) is 11.6. The summed E-state index contributed by atoms with van der Waals surface area (Å²) in [7, 11) is 0. The molecule has 0 fully saturated rings. The summed E-state index contributed by atoms with van der Waals surface area (Å²) >= 11 is 3.56. The Labute approximate surface area is 131 Å². The van der Waals surface area contributed by atoms with E-state index in [1.807, 2.05) is 0 Å².